The summed E-state index contributed by atoms with van der Waals surface area (Å²) in [5, 5.41) is 0. The van der Waals surface area contributed by atoms with Gasteiger partial charge in [0.15, 0.2) is 0 Å². The molecule has 0 aliphatic carbocycles. The predicted molar refractivity (Wildman–Crippen MR) is 104 cm³/mol. The summed E-state index contributed by atoms with van der Waals surface area (Å²) in [5.41, 5.74) is 1.88. The Morgan fingerprint density at radius 2 is 2.11 bits per heavy atom. The number of aromatic nitrogens is 2. The number of piperidine rings is 1. The third kappa shape index (κ3) is 5.18. The lowest BCUT2D eigenvalue weighted by molar-refractivity contribution is -0.132. The minimum absolute atomic E-state index is 0.125. The van der Waals surface area contributed by atoms with Gasteiger partial charge in [-0.2, -0.15) is 0 Å². The average Bonchev–Trinajstić information content (AvgIpc) is 2.68. The number of methoxy groups -OCH3 is 1. The van der Waals surface area contributed by atoms with Gasteiger partial charge in [0.25, 0.3) is 5.56 Å². The minimum atomic E-state index is -0.125. The Labute approximate surface area is 159 Å². The molecule has 2 aromatic rings. The molecule has 144 valence electrons. The molecule has 1 fully saturated rings. The highest BCUT2D eigenvalue weighted by Crippen LogP contribution is 2.25. The summed E-state index contributed by atoms with van der Waals surface area (Å²) in [7, 11) is 1.65. The number of aromatic amines is 1. The summed E-state index contributed by atoms with van der Waals surface area (Å²) in [6.07, 6.45) is 4.16. The average molecular weight is 369 g/mol. The number of carbonyl (C=O) groups is 1. The highest BCUT2D eigenvalue weighted by molar-refractivity contribution is 5.76. The second kappa shape index (κ2) is 8.84. The van der Waals surface area contributed by atoms with Crippen LogP contribution in [0, 0.1) is 6.92 Å². The first kappa shape index (κ1) is 19.1. The van der Waals surface area contributed by atoms with E-state index in [4.69, 9.17) is 4.74 Å². The fourth-order valence-corrected chi connectivity index (χ4v) is 3.65. The van der Waals surface area contributed by atoms with Gasteiger partial charge in [-0.05, 0) is 50.3 Å². The van der Waals surface area contributed by atoms with Crippen LogP contribution in [0.3, 0.4) is 0 Å². The Morgan fingerprint density at radius 3 is 2.81 bits per heavy atom. The Kier molecular flexibility index (Phi) is 6.27. The van der Waals surface area contributed by atoms with E-state index in [1.165, 1.54) is 5.56 Å². The van der Waals surface area contributed by atoms with Crippen molar-refractivity contribution in [3.63, 3.8) is 0 Å². The number of hydrogen-bond donors (Lipinski definition) is 1. The van der Waals surface area contributed by atoms with E-state index in [2.05, 4.69) is 9.97 Å². The summed E-state index contributed by atoms with van der Waals surface area (Å²) < 4.78 is 5.17. The van der Waals surface area contributed by atoms with Crippen molar-refractivity contribution in [3.8, 4) is 5.75 Å². The molecule has 1 aliphatic rings. The quantitative estimate of drug-likeness (QED) is 0.850. The molecule has 1 N–H and O–H groups in total. The molecule has 27 heavy (non-hydrogen) atoms. The van der Waals surface area contributed by atoms with Crippen molar-refractivity contribution in [2.24, 2.45) is 0 Å². The van der Waals surface area contributed by atoms with Crippen molar-refractivity contribution in [3.05, 3.63) is 57.8 Å². The van der Waals surface area contributed by atoms with E-state index < -0.39 is 0 Å². The molecule has 0 spiro atoms. The number of nitrogens with zero attached hydrogens (tertiary/aromatic N) is 2. The Balaban J connectivity index is 1.52. The Hall–Kier alpha value is -2.63. The Morgan fingerprint density at radius 1 is 1.33 bits per heavy atom. The van der Waals surface area contributed by atoms with Gasteiger partial charge in [0, 0.05) is 31.5 Å². The number of H-pyrrole nitrogens is 1. The summed E-state index contributed by atoms with van der Waals surface area (Å²) in [5.74, 6) is 1.80. The molecule has 6 nitrogen and oxygen atoms in total. The van der Waals surface area contributed by atoms with Crippen LogP contribution in [0.5, 0.6) is 5.75 Å². The standard InChI is InChI=1S/C21H27N3O3/c1-15-22-19(13-20(25)23-15)17-6-4-12-24(14-17)21(26)7-3-5-16-8-10-18(27-2)11-9-16/h8-11,13,17H,3-7,12,14H2,1-2H3,(H,22,23,25)/t17-/m1/s1. The SMILES string of the molecule is COc1ccc(CCCC(=O)N2CCC[C@@H](c3cc(=O)[nH]c(C)n3)C2)cc1. The molecule has 0 saturated carbocycles. The first-order valence-corrected chi connectivity index (χ1v) is 9.53. The van der Waals surface area contributed by atoms with Crippen molar-refractivity contribution < 1.29 is 9.53 Å². The third-order valence-electron chi connectivity index (χ3n) is 5.09. The lowest BCUT2D eigenvalue weighted by Crippen LogP contribution is -2.39. The normalized spacial score (nSPS) is 17.0. The molecule has 1 aliphatic heterocycles. The summed E-state index contributed by atoms with van der Waals surface area (Å²) in [6.45, 7) is 3.23. The van der Waals surface area contributed by atoms with Gasteiger partial charge in [0.1, 0.15) is 11.6 Å². The molecule has 1 atom stereocenters. The molecule has 0 radical (unpaired) electrons. The van der Waals surface area contributed by atoms with Crippen molar-refractivity contribution in [1.82, 2.24) is 14.9 Å². The number of hydrogen-bond acceptors (Lipinski definition) is 4. The summed E-state index contributed by atoms with van der Waals surface area (Å²) in [4.78, 5) is 33.4. The van der Waals surface area contributed by atoms with E-state index in [0.29, 0.717) is 18.8 Å². The minimum Gasteiger partial charge on any atom is -0.497 e. The maximum atomic E-state index is 12.6. The zero-order chi connectivity index (χ0) is 19.2. The first-order valence-electron chi connectivity index (χ1n) is 9.53. The fourth-order valence-electron chi connectivity index (χ4n) is 3.65. The number of aryl methyl sites for hydroxylation is 2. The number of likely N-dealkylation sites (tertiary alicyclic amines) is 1. The van der Waals surface area contributed by atoms with Gasteiger partial charge in [-0.3, -0.25) is 9.59 Å². The van der Waals surface area contributed by atoms with Gasteiger partial charge in [-0.1, -0.05) is 12.1 Å². The highest BCUT2D eigenvalue weighted by atomic mass is 16.5. The van der Waals surface area contributed by atoms with Crippen LogP contribution in [-0.2, 0) is 11.2 Å². The smallest absolute Gasteiger partial charge is 0.251 e. The second-order valence-corrected chi connectivity index (χ2v) is 7.14. The number of nitrogens with one attached hydrogen (secondary N) is 1. The summed E-state index contributed by atoms with van der Waals surface area (Å²) >= 11 is 0. The number of benzene rings is 1. The largest absolute Gasteiger partial charge is 0.497 e. The molecule has 1 amide bonds. The van der Waals surface area contributed by atoms with Crippen LogP contribution in [-0.4, -0.2) is 41.0 Å². The maximum Gasteiger partial charge on any atom is 0.251 e. The molecular formula is C21H27N3O3. The van der Waals surface area contributed by atoms with Crippen molar-refractivity contribution in [1.29, 1.82) is 0 Å². The molecule has 6 heteroatoms. The van der Waals surface area contributed by atoms with E-state index in [1.807, 2.05) is 29.2 Å². The predicted octanol–water partition coefficient (Wildman–Crippen LogP) is 2.82. The van der Waals surface area contributed by atoms with Crippen LogP contribution in [0.4, 0.5) is 0 Å². The maximum absolute atomic E-state index is 12.6. The number of amides is 1. The van der Waals surface area contributed by atoms with Crippen LogP contribution < -0.4 is 10.3 Å². The van der Waals surface area contributed by atoms with Gasteiger partial charge in [-0.25, -0.2) is 4.98 Å². The molecule has 0 bridgehead atoms. The zero-order valence-corrected chi connectivity index (χ0v) is 16.0. The van der Waals surface area contributed by atoms with E-state index in [9.17, 15) is 9.59 Å². The van der Waals surface area contributed by atoms with Gasteiger partial charge in [-0.15, -0.1) is 0 Å². The van der Waals surface area contributed by atoms with E-state index >= 15 is 0 Å². The number of ether oxygens (including phenoxy) is 1. The molecule has 1 aromatic heterocycles. The molecule has 3 rings (SSSR count). The van der Waals surface area contributed by atoms with E-state index in [-0.39, 0.29) is 17.4 Å². The van der Waals surface area contributed by atoms with Crippen molar-refractivity contribution in [2.45, 2.75) is 44.9 Å². The van der Waals surface area contributed by atoms with Crippen LogP contribution in [0.25, 0.3) is 0 Å². The van der Waals surface area contributed by atoms with Crippen LogP contribution >= 0.6 is 0 Å². The molecular weight excluding hydrogens is 342 g/mol. The van der Waals surface area contributed by atoms with Gasteiger partial charge in [0.05, 0.1) is 12.8 Å². The van der Waals surface area contributed by atoms with Crippen molar-refractivity contribution in [2.75, 3.05) is 20.2 Å². The first-order chi connectivity index (χ1) is 13.0. The van der Waals surface area contributed by atoms with Gasteiger partial charge < -0.3 is 14.6 Å². The molecule has 1 saturated heterocycles. The number of rotatable bonds is 6. The molecule has 0 unspecified atom stereocenters. The van der Waals surface area contributed by atoms with E-state index in [0.717, 1.165) is 43.7 Å². The fraction of sp³-hybridized carbons (Fsp3) is 0.476. The lowest BCUT2D eigenvalue weighted by atomic mass is 9.94. The molecule has 2 heterocycles. The highest BCUT2D eigenvalue weighted by Gasteiger charge is 2.25. The molecule has 1 aromatic carbocycles. The summed E-state index contributed by atoms with van der Waals surface area (Å²) in [6, 6.07) is 9.55. The second-order valence-electron chi connectivity index (χ2n) is 7.14. The monoisotopic (exact) mass is 369 g/mol. The van der Waals surface area contributed by atoms with Crippen molar-refractivity contribution >= 4 is 5.91 Å². The van der Waals surface area contributed by atoms with Crippen LogP contribution in [0.2, 0.25) is 0 Å². The third-order valence-corrected chi connectivity index (χ3v) is 5.09. The lowest BCUT2D eigenvalue weighted by Gasteiger charge is -2.32. The number of carbonyl (C=O) groups excluding carboxylic acids is 1. The van der Waals surface area contributed by atoms with Crippen LogP contribution in [0.15, 0.2) is 35.1 Å². The van der Waals surface area contributed by atoms with Gasteiger partial charge >= 0.3 is 0 Å². The van der Waals surface area contributed by atoms with Gasteiger partial charge in [0.2, 0.25) is 5.91 Å². The topological polar surface area (TPSA) is 75.3 Å². The Bertz CT molecular complexity index is 829. The van der Waals surface area contributed by atoms with E-state index in [1.54, 1.807) is 20.1 Å². The zero-order valence-electron chi connectivity index (χ0n) is 16.0. The van der Waals surface area contributed by atoms with Crippen LogP contribution in [0.1, 0.15) is 48.7 Å².